The second kappa shape index (κ2) is 30.6. The van der Waals surface area contributed by atoms with Gasteiger partial charge in [0.15, 0.2) is 17.5 Å². The van der Waals surface area contributed by atoms with Crippen molar-refractivity contribution in [3.8, 4) is 129 Å². The zero-order chi connectivity index (χ0) is 93.3. The maximum absolute atomic E-state index is 5.62. The van der Waals surface area contributed by atoms with E-state index in [9.17, 15) is 0 Å². The lowest BCUT2D eigenvalue weighted by molar-refractivity contribution is 1.08. The molecule has 24 aromatic carbocycles. The molecular formula is C134H77N9. The molecule has 0 fully saturated rings. The monoisotopic (exact) mass is 1810 g/mol. The van der Waals surface area contributed by atoms with Crippen LogP contribution in [0.4, 0.5) is 0 Å². The fourth-order valence-corrected chi connectivity index (χ4v) is 24.3. The van der Waals surface area contributed by atoms with Crippen molar-refractivity contribution in [2.45, 2.75) is 0 Å². The van der Waals surface area contributed by atoms with Crippen LogP contribution in [0.3, 0.4) is 0 Å². The van der Waals surface area contributed by atoms with Crippen LogP contribution in [0.15, 0.2) is 467 Å². The van der Waals surface area contributed by atoms with Crippen molar-refractivity contribution >= 4 is 185 Å². The largest absolute Gasteiger partial charge is 0.292 e. The van der Waals surface area contributed by atoms with E-state index in [2.05, 4.69) is 481 Å². The zero-order valence-corrected chi connectivity index (χ0v) is 77.0. The quantitative estimate of drug-likeness (QED) is 0.148. The Kier molecular flexibility index (Phi) is 16.9. The van der Waals surface area contributed by atoms with Gasteiger partial charge in [-0.3, -0.25) is 13.7 Å². The van der Waals surface area contributed by atoms with Crippen LogP contribution in [0.5, 0.6) is 0 Å². The number of nitrogens with zero attached hydrogens (tertiary/aromatic N) is 9. The molecule has 0 saturated carbocycles. The van der Waals surface area contributed by atoms with Gasteiger partial charge in [0.1, 0.15) is 17.1 Å². The molecule has 0 bridgehead atoms. The minimum Gasteiger partial charge on any atom is -0.292 e. The summed E-state index contributed by atoms with van der Waals surface area (Å²) in [6.07, 6.45) is 0. The first kappa shape index (κ1) is 78.9. The maximum atomic E-state index is 5.62. The van der Waals surface area contributed by atoms with Gasteiger partial charge in [0.05, 0.1) is 66.2 Å². The summed E-state index contributed by atoms with van der Waals surface area (Å²) in [6.45, 7) is 0. The SMILES string of the molecule is c1ccc(-c2ccc(-c3nc4ccc5ccccc5c4nc3-n3c4cccc5c4c4c6c(cccc6ccc43)-c3ccccc3-5)cc2)cc1.c1ccc2c(c1)-c1cccc3ccc4c(c13)c1c-2cccc1n4-c1nc2c(ccc3ccccc32)nc1-c1ccc2ccccc2c1.c1ccc2c(c1)-c1cccc3ccc4c(c13)c1c-2cccc1n4-c1nc2c(ccc3ccccc32)nc1-c1cccc2ccccc12. The molecule has 0 aliphatic heterocycles. The lowest BCUT2D eigenvalue weighted by atomic mass is 9.93. The summed E-state index contributed by atoms with van der Waals surface area (Å²) in [7, 11) is 0. The van der Waals surface area contributed by atoms with Crippen LogP contribution in [0.2, 0.25) is 0 Å². The van der Waals surface area contributed by atoms with Crippen LogP contribution in [0, 0.1) is 0 Å². The van der Waals surface area contributed by atoms with Crippen molar-refractivity contribution in [1.82, 2.24) is 43.6 Å². The Bertz CT molecular complexity index is 10800. The minimum absolute atomic E-state index is 0.833. The molecule has 9 heteroatoms. The topological polar surface area (TPSA) is 92.1 Å². The highest BCUT2D eigenvalue weighted by Crippen LogP contribution is 2.56. The first-order valence-electron chi connectivity index (χ1n) is 49.0. The predicted octanol–water partition coefficient (Wildman–Crippen LogP) is 35.0. The molecule has 33 rings (SSSR count). The van der Waals surface area contributed by atoms with Crippen LogP contribution < -0.4 is 0 Å². The number of fused-ring (bicyclic) bond motifs is 20. The highest BCUT2D eigenvalue weighted by atomic mass is 15.1. The van der Waals surface area contributed by atoms with Crippen LogP contribution in [0.1, 0.15) is 0 Å². The summed E-state index contributed by atoms with van der Waals surface area (Å²) in [5.41, 5.74) is 35.4. The van der Waals surface area contributed by atoms with E-state index in [1.807, 2.05) is 0 Å². The van der Waals surface area contributed by atoms with Crippen molar-refractivity contribution in [3.63, 3.8) is 0 Å². The van der Waals surface area contributed by atoms with Gasteiger partial charge in [0.25, 0.3) is 0 Å². The van der Waals surface area contributed by atoms with E-state index in [1.165, 1.54) is 159 Å². The second-order valence-corrected chi connectivity index (χ2v) is 38.0. The second-order valence-electron chi connectivity index (χ2n) is 38.0. The smallest absolute Gasteiger partial charge is 0.165 e. The third kappa shape index (κ3) is 11.7. The van der Waals surface area contributed by atoms with Crippen molar-refractivity contribution in [2.75, 3.05) is 0 Å². The fraction of sp³-hybridized carbons (Fsp3) is 0. The average Bonchev–Trinajstić information content (AvgIpc) is 1.60. The molecule has 3 aliphatic rings. The highest BCUT2D eigenvalue weighted by molar-refractivity contribution is 6.34. The Hall–Kier alpha value is -19.2. The van der Waals surface area contributed by atoms with Crippen molar-refractivity contribution in [1.29, 1.82) is 0 Å². The van der Waals surface area contributed by atoms with Gasteiger partial charge in [-0.1, -0.05) is 406 Å². The Morgan fingerprint density at radius 1 is 0.133 bits per heavy atom. The van der Waals surface area contributed by atoms with Crippen molar-refractivity contribution in [3.05, 3.63) is 467 Å². The molecule has 6 aromatic heterocycles. The van der Waals surface area contributed by atoms with E-state index in [4.69, 9.17) is 29.9 Å². The summed E-state index contributed by atoms with van der Waals surface area (Å²) < 4.78 is 7.12. The molecule has 0 radical (unpaired) electrons. The minimum atomic E-state index is 0.833. The Balaban J connectivity index is 0.0000000981. The maximum Gasteiger partial charge on any atom is 0.165 e. The van der Waals surface area contributed by atoms with Crippen LogP contribution in [0.25, 0.3) is 314 Å². The highest BCUT2D eigenvalue weighted by Gasteiger charge is 2.33. The molecule has 6 heterocycles. The zero-order valence-electron chi connectivity index (χ0n) is 77.0. The molecule has 143 heavy (non-hydrogen) atoms. The molecule has 3 aliphatic carbocycles. The third-order valence-electron chi connectivity index (χ3n) is 30.5. The van der Waals surface area contributed by atoms with Crippen LogP contribution in [-0.4, -0.2) is 43.6 Å². The molecule has 0 unspecified atom stereocenters. The van der Waals surface area contributed by atoms with Gasteiger partial charge in [0, 0.05) is 65.2 Å². The predicted molar refractivity (Wildman–Crippen MR) is 597 cm³/mol. The van der Waals surface area contributed by atoms with E-state index in [0.29, 0.717) is 0 Å². The Morgan fingerprint density at radius 3 is 0.804 bits per heavy atom. The Labute approximate surface area is 818 Å². The standard InChI is InChI=1S/C46H27N3.2C44H25N3/c1-2-10-28(11-3-1)29-20-22-32(23-21-29)44-46(48-45-33-14-5-4-12-30(33)24-26-38(45)47-44)49-39-19-9-18-37-35-16-7-6-15-34(35)36-17-8-13-31-25-27-40(49)43(41(31)36)42(37)39;1-3-14-29-26(10-1)12-7-20-35(29)43-44(46-42-30-15-4-2-11-27(30)22-24-36(42)45-43)47-37-21-9-19-34-32-17-6-5-16-31(32)33-18-8-13-28-23-25-38(47)41(39(28)33)40(34)37;1-2-11-29-25-30(20-19-26(29)9-1)42-44(46-43-31-13-4-3-10-27(31)21-23-36(43)45-42)47-37-18-8-17-35-33-15-6-5-14-32(33)34-16-7-12-28-22-24-38(47)41(39(28)34)40(35)37/h1-27H;2*1-25H. The normalized spacial score (nSPS) is 12.2. The number of hydrogen-bond donors (Lipinski definition) is 0. The lowest BCUT2D eigenvalue weighted by Gasteiger charge is -2.17. The molecule has 0 atom stereocenters. The molecule has 658 valence electrons. The Morgan fingerprint density at radius 2 is 0.392 bits per heavy atom. The first-order chi connectivity index (χ1) is 71.0. The van der Waals surface area contributed by atoms with E-state index < -0.39 is 0 Å². The molecule has 9 nitrogen and oxygen atoms in total. The van der Waals surface area contributed by atoms with E-state index in [1.54, 1.807) is 0 Å². The fourth-order valence-electron chi connectivity index (χ4n) is 24.3. The lowest BCUT2D eigenvalue weighted by Crippen LogP contribution is -2.04. The molecule has 0 N–H and O–H groups in total. The number of benzene rings is 24. The van der Waals surface area contributed by atoms with Gasteiger partial charge in [-0.2, -0.15) is 0 Å². The molecule has 0 saturated heterocycles. The summed E-state index contributed by atoms with van der Waals surface area (Å²) in [4.78, 5) is 33.2. The van der Waals surface area contributed by atoms with Crippen molar-refractivity contribution < 1.29 is 0 Å². The summed E-state index contributed by atoms with van der Waals surface area (Å²) >= 11 is 0. The van der Waals surface area contributed by atoms with Gasteiger partial charge in [-0.05, 0) is 209 Å². The third-order valence-corrected chi connectivity index (χ3v) is 30.5. The summed E-state index contributed by atoms with van der Waals surface area (Å²) in [5, 5.41) is 26.7. The molecule has 0 amide bonds. The molecule has 30 aromatic rings. The van der Waals surface area contributed by atoms with E-state index in [0.717, 1.165) is 155 Å². The van der Waals surface area contributed by atoms with Gasteiger partial charge in [-0.15, -0.1) is 0 Å². The van der Waals surface area contributed by atoms with Crippen LogP contribution in [-0.2, 0) is 0 Å². The summed E-state index contributed by atoms with van der Waals surface area (Å²) in [6, 6.07) is 168. The summed E-state index contributed by atoms with van der Waals surface area (Å²) in [5.74, 6) is 2.51. The van der Waals surface area contributed by atoms with Crippen LogP contribution >= 0.6 is 0 Å². The molecule has 0 spiro atoms. The van der Waals surface area contributed by atoms with Gasteiger partial charge in [0.2, 0.25) is 0 Å². The van der Waals surface area contributed by atoms with E-state index in [-0.39, 0.29) is 0 Å². The number of rotatable bonds is 7. The van der Waals surface area contributed by atoms with Gasteiger partial charge in [-0.25, -0.2) is 29.9 Å². The average molecular weight is 1810 g/mol. The van der Waals surface area contributed by atoms with Crippen molar-refractivity contribution in [2.24, 2.45) is 0 Å². The number of hydrogen-bond acceptors (Lipinski definition) is 6. The first-order valence-corrected chi connectivity index (χ1v) is 49.0. The number of aromatic nitrogens is 9. The molecular weight excluding hydrogens is 1740 g/mol. The van der Waals surface area contributed by atoms with E-state index >= 15 is 0 Å². The van der Waals surface area contributed by atoms with Gasteiger partial charge < -0.3 is 0 Å². The van der Waals surface area contributed by atoms with Gasteiger partial charge >= 0.3 is 0 Å².